The van der Waals surface area contributed by atoms with Crippen LogP contribution in [0.2, 0.25) is 0 Å². The van der Waals surface area contributed by atoms with Crippen LogP contribution >= 0.6 is 0 Å². The minimum absolute atomic E-state index is 0.0241. The average Bonchev–Trinajstić information content (AvgIpc) is 2.75. The lowest BCUT2D eigenvalue weighted by molar-refractivity contribution is -0.154. The first-order valence-corrected chi connectivity index (χ1v) is 9.49. The van der Waals surface area contributed by atoms with E-state index in [1.165, 1.54) is 12.1 Å². The third-order valence-corrected chi connectivity index (χ3v) is 5.19. The van der Waals surface area contributed by atoms with Crippen molar-refractivity contribution in [3.05, 3.63) is 48.7 Å². The zero-order valence-corrected chi connectivity index (χ0v) is 15.5. The maximum Gasteiger partial charge on any atom is 0.248 e. The molecule has 0 bridgehead atoms. The van der Waals surface area contributed by atoms with Crippen molar-refractivity contribution in [2.45, 2.75) is 25.0 Å². The molecule has 7 nitrogen and oxygen atoms in total. The fourth-order valence-corrected chi connectivity index (χ4v) is 3.68. The first kappa shape index (κ1) is 18.6. The van der Waals surface area contributed by atoms with Gasteiger partial charge in [0.25, 0.3) is 0 Å². The minimum atomic E-state index is -0.300. The molecule has 2 saturated heterocycles. The number of hydrogen-bond acceptors (Lipinski definition) is 6. The Morgan fingerprint density at radius 3 is 2.68 bits per heavy atom. The Labute approximate surface area is 163 Å². The fourth-order valence-electron chi connectivity index (χ4n) is 3.68. The molecule has 0 aliphatic carbocycles. The molecule has 0 saturated carbocycles. The number of hydrogen-bond donors (Lipinski definition) is 0. The molecule has 1 aromatic heterocycles. The summed E-state index contributed by atoms with van der Waals surface area (Å²) in [7, 11) is 0. The Morgan fingerprint density at radius 1 is 1.18 bits per heavy atom. The maximum absolute atomic E-state index is 13.0. The number of aromatic nitrogens is 2. The second-order valence-electron chi connectivity index (χ2n) is 7.03. The van der Waals surface area contributed by atoms with E-state index >= 15 is 0 Å². The molecule has 1 amide bonds. The highest BCUT2D eigenvalue weighted by Gasteiger charge is 2.34. The van der Waals surface area contributed by atoms with E-state index in [2.05, 4.69) is 14.9 Å². The summed E-state index contributed by atoms with van der Waals surface area (Å²) in [4.78, 5) is 25.0. The van der Waals surface area contributed by atoms with Gasteiger partial charge in [-0.25, -0.2) is 9.37 Å². The van der Waals surface area contributed by atoms with Crippen molar-refractivity contribution in [2.24, 2.45) is 0 Å². The molecule has 1 unspecified atom stereocenters. The topological polar surface area (TPSA) is 67.8 Å². The monoisotopic (exact) mass is 386 g/mol. The van der Waals surface area contributed by atoms with Crippen molar-refractivity contribution >= 4 is 11.7 Å². The largest absolute Gasteiger partial charge is 0.491 e. The molecule has 148 valence electrons. The number of benzene rings is 1. The summed E-state index contributed by atoms with van der Waals surface area (Å²) in [5, 5.41) is 0. The van der Waals surface area contributed by atoms with E-state index in [1.54, 1.807) is 30.7 Å². The lowest BCUT2D eigenvalue weighted by Gasteiger charge is -2.42. The van der Waals surface area contributed by atoms with E-state index in [1.807, 2.05) is 4.90 Å². The van der Waals surface area contributed by atoms with Crippen LogP contribution < -0.4 is 9.64 Å². The summed E-state index contributed by atoms with van der Waals surface area (Å²) in [6.07, 6.45) is 6.70. The molecular weight excluding hydrogens is 363 g/mol. The van der Waals surface area contributed by atoms with Gasteiger partial charge >= 0.3 is 0 Å². The summed E-state index contributed by atoms with van der Waals surface area (Å²) < 4.78 is 24.3. The van der Waals surface area contributed by atoms with Crippen LogP contribution in [0.15, 0.2) is 42.9 Å². The summed E-state index contributed by atoms with van der Waals surface area (Å²) in [5.74, 6) is 1.19. The van der Waals surface area contributed by atoms with Gasteiger partial charge in [0.15, 0.2) is 0 Å². The molecule has 8 heteroatoms. The van der Waals surface area contributed by atoms with E-state index in [0.717, 1.165) is 31.7 Å². The molecule has 2 fully saturated rings. The van der Waals surface area contributed by atoms with Gasteiger partial charge in [-0.15, -0.1) is 0 Å². The summed E-state index contributed by atoms with van der Waals surface area (Å²) in [5.41, 5.74) is 0. The Balaban J connectivity index is 1.30. The van der Waals surface area contributed by atoms with Crippen molar-refractivity contribution in [2.75, 3.05) is 37.7 Å². The number of piperidine rings is 1. The van der Waals surface area contributed by atoms with Crippen LogP contribution in [-0.2, 0) is 9.53 Å². The van der Waals surface area contributed by atoms with Gasteiger partial charge in [-0.1, -0.05) is 0 Å². The first-order chi connectivity index (χ1) is 13.7. The quantitative estimate of drug-likeness (QED) is 0.782. The highest BCUT2D eigenvalue weighted by Crippen LogP contribution is 2.23. The van der Waals surface area contributed by atoms with Gasteiger partial charge in [-0.2, -0.15) is 0 Å². The highest BCUT2D eigenvalue weighted by atomic mass is 19.1. The van der Waals surface area contributed by atoms with Crippen LogP contribution in [0.25, 0.3) is 0 Å². The van der Waals surface area contributed by atoms with Crippen LogP contribution in [0.5, 0.6) is 5.75 Å². The van der Waals surface area contributed by atoms with Gasteiger partial charge < -0.3 is 19.3 Å². The standard InChI is InChI=1S/C20H23FN4O3/c21-15-1-3-17(4-2-15)27-13-18-12-25(20(26)14-28-18)16-5-9-24(10-6-16)19-11-22-7-8-23-19/h1-4,7-8,11,16,18H,5-6,9-10,12-14H2. The number of halogens is 1. The van der Waals surface area contributed by atoms with E-state index < -0.39 is 0 Å². The predicted molar refractivity (Wildman–Crippen MR) is 101 cm³/mol. The smallest absolute Gasteiger partial charge is 0.248 e. The molecular formula is C20H23FN4O3. The third-order valence-electron chi connectivity index (χ3n) is 5.19. The minimum Gasteiger partial charge on any atom is -0.491 e. The molecule has 1 atom stereocenters. The fraction of sp³-hybridized carbons (Fsp3) is 0.450. The highest BCUT2D eigenvalue weighted by molar-refractivity contribution is 5.78. The molecule has 4 rings (SSSR count). The Hall–Kier alpha value is -2.74. The van der Waals surface area contributed by atoms with Crippen LogP contribution in [0.4, 0.5) is 10.2 Å². The van der Waals surface area contributed by atoms with Gasteiger partial charge in [0.05, 0.1) is 12.7 Å². The number of anilines is 1. The van der Waals surface area contributed by atoms with Crippen molar-refractivity contribution in [3.63, 3.8) is 0 Å². The Kier molecular flexibility index (Phi) is 5.66. The van der Waals surface area contributed by atoms with Crippen LogP contribution in [0.1, 0.15) is 12.8 Å². The molecule has 2 aliphatic rings. The molecule has 2 aromatic rings. The van der Waals surface area contributed by atoms with Crippen molar-refractivity contribution in [3.8, 4) is 5.75 Å². The van der Waals surface area contributed by atoms with Gasteiger partial charge in [0, 0.05) is 31.5 Å². The van der Waals surface area contributed by atoms with Gasteiger partial charge in [-0.05, 0) is 37.1 Å². The van der Waals surface area contributed by atoms with Crippen molar-refractivity contribution in [1.29, 1.82) is 0 Å². The molecule has 0 N–H and O–H groups in total. The lowest BCUT2D eigenvalue weighted by atomic mass is 10.0. The van der Waals surface area contributed by atoms with E-state index in [-0.39, 0.29) is 30.5 Å². The molecule has 2 aliphatic heterocycles. The van der Waals surface area contributed by atoms with E-state index in [0.29, 0.717) is 18.9 Å². The number of carbonyl (C=O) groups is 1. The Morgan fingerprint density at radius 2 is 1.96 bits per heavy atom. The predicted octanol–water partition coefficient (Wildman–Crippen LogP) is 1.89. The zero-order valence-electron chi connectivity index (χ0n) is 15.5. The normalized spacial score (nSPS) is 21.0. The van der Waals surface area contributed by atoms with Gasteiger partial charge in [-0.3, -0.25) is 9.78 Å². The van der Waals surface area contributed by atoms with Gasteiger partial charge in [0.2, 0.25) is 5.91 Å². The molecule has 1 aromatic carbocycles. The van der Waals surface area contributed by atoms with Crippen LogP contribution in [0.3, 0.4) is 0 Å². The number of carbonyl (C=O) groups excluding carboxylic acids is 1. The summed E-state index contributed by atoms with van der Waals surface area (Å²) >= 11 is 0. The maximum atomic E-state index is 13.0. The number of morpholine rings is 1. The summed E-state index contributed by atoms with van der Waals surface area (Å²) in [6.45, 7) is 2.58. The van der Waals surface area contributed by atoms with Crippen molar-refractivity contribution in [1.82, 2.24) is 14.9 Å². The number of ether oxygens (including phenoxy) is 2. The zero-order chi connectivity index (χ0) is 19.3. The van der Waals surface area contributed by atoms with Gasteiger partial charge in [0.1, 0.15) is 36.7 Å². The van der Waals surface area contributed by atoms with Crippen LogP contribution in [0, 0.1) is 5.82 Å². The summed E-state index contributed by atoms with van der Waals surface area (Å²) in [6, 6.07) is 6.08. The molecule has 28 heavy (non-hydrogen) atoms. The number of nitrogens with zero attached hydrogens (tertiary/aromatic N) is 4. The SMILES string of the molecule is O=C1COC(COc2ccc(F)cc2)CN1C1CCN(c2cnccn2)CC1. The molecule has 0 spiro atoms. The Bertz CT molecular complexity index is 782. The van der Waals surface area contributed by atoms with E-state index in [9.17, 15) is 9.18 Å². The number of amides is 1. The first-order valence-electron chi connectivity index (χ1n) is 9.49. The third kappa shape index (κ3) is 4.39. The van der Waals surface area contributed by atoms with Crippen molar-refractivity contribution < 1.29 is 18.7 Å². The van der Waals surface area contributed by atoms with Crippen LogP contribution in [-0.4, -0.2) is 65.8 Å². The number of rotatable bonds is 5. The molecule has 3 heterocycles. The van der Waals surface area contributed by atoms with E-state index in [4.69, 9.17) is 9.47 Å². The lowest BCUT2D eigenvalue weighted by Crippen LogP contribution is -2.55. The second kappa shape index (κ2) is 8.52. The molecule has 0 radical (unpaired) electrons. The average molecular weight is 386 g/mol. The second-order valence-corrected chi connectivity index (χ2v) is 7.03.